The van der Waals surface area contributed by atoms with Crippen molar-refractivity contribution < 1.29 is 22.7 Å². The fourth-order valence-corrected chi connectivity index (χ4v) is 5.58. The molecular weight excluding hydrogens is 561 g/mol. The second kappa shape index (κ2) is 11.6. The van der Waals surface area contributed by atoms with Crippen molar-refractivity contribution in [3.63, 3.8) is 0 Å². The molecule has 230 valence electrons. The molecule has 0 aromatic carbocycles. The summed E-state index contributed by atoms with van der Waals surface area (Å²) in [7, 11) is 1.88. The summed E-state index contributed by atoms with van der Waals surface area (Å²) in [5.74, 6) is 2.34. The van der Waals surface area contributed by atoms with Crippen molar-refractivity contribution in [3.05, 3.63) is 47.5 Å². The van der Waals surface area contributed by atoms with Crippen molar-refractivity contribution in [2.24, 2.45) is 13.0 Å². The Morgan fingerprint density at radius 3 is 2.65 bits per heavy atom. The zero-order chi connectivity index (χ0) is 31.1. The molecule has 1 atom stereocenters. The fraction of sp³-hybridized carbons (Fsp3) is 0.500. The van der Waals surface area contributed by atoms with Gasteiger partial charge in [0.05, 0.1) is 24.0 Å². The molecule has 4 aromatic rings. The van der Waals surface area contributed by atoms with E-state index < -0.39 is 12.7 Å². The molecule has 10 nitrogen and oxygen atoms in total. The summed E-state index contributed by atoms with van der Waals surface area (Å²) in [6, 6.07) is 5.44. The lowest BCUT2D eigenvalue weighted by Gasteiger charge is -2.22. The number of ether oxygens (including phenoxy) is 1. The molecule has 13 heteroatoms. The Balaban J connectivity index is 1.37. The molecule has 1 saturated heterocycles. The standard InChI is InChI=1S/C30H37F3N8O2/c1-18(42)11-21-12-22(7-9-34-21)43-23-14-35-27-26(19(23)2)39(6)28(37-27)36-25-13-24(29(3,4)5)41(38-25)16-20-8-10-40(15-20)17-30(31,32)33/h7,9,12-14,20H,8,10-11,15-17H2,1-6H3,(H,35,36,37,38)/t20-/m1/s1. The number of Topliss-reactive ketones (excluding diaryl/α,β-unsaturated/α-hetero) is 1. The van der Waals surface area contributed by atoms with Crippen LogP contribution in [0.5, 0.6) is 11.5 Å². The zero-order valence-corrected chi connectivity index (χ0v) is 25.3. The second-order valence-corrected chi connectivity index (χ2v) is 12.4. The van der Waals surface area contributed by atoms with Crippen LogP contribution in [0.2, 0.25) is 0 Å². The number of carbonyl (C=O) groups excluding carboxylic acids is 1. The Bertz CT molecular complexity index is 1640. The molecule has 0 saturated carbocycles. The highest BCUT2D eigenvalue weighted by Crippen LogP contribution is 2.33. The van der Waals surface area contributed by atoms with Gasteiger partial charge >= 0.3 is 6.18 Å². The van der Waals surface area contributed by atoms with E-state index in [4.69, 9.17) is 9.84 Å². The van der Waals surface area contributed by atoms with E-state index in [2.05, 4.69) is 41.0 Å². The predicted molar refractivity (Wildman–Crippen MR) is 157 cm³/mol. The van der Waals surface area contributed by atoms with Gasteiger partial charge in [-0.1, -0.05) is 20.8 Å². The van der Waals surface area contributed by atoms with Gasteiger partial charge in [0.15, 0.2) is 17.2 Å². The minimum atomic E-state index is -4.20. The number of anilines is 2. The number of pyridine rings is 2. The van der Waals surface area contributed by atoms with Crippen LogP contribution in [0.4, 0.5) is 24.9 Å². The average Bonchev–Trinajstić information content (AvgIpc) is 3.58. The third-order valence-corrected chi connectivity index (χ3v) is 7.54. The van der Waals surface area contributed by atoms with Crippen LogP contribution in [0, 0.1) is 12.8 Å². The number of carbonyl (C=O) groups is 1. The molecule has 1 fully saturated rings. The van der Waals surface area contributed by atoms with E-state index in [9.17, 15) is 18.0 Å². The number of aryl methyl sites for hydroxylation is 2. The molecule has 1 aliphatic rings. The number of halogens is 3. The third kappa shape index (κ3) is 7.15. The van der Waals surface area contributed by atoms with Gasteiger partial charge in [0, 0.05) is 61.6 Å². The van der Waals surface area contributed by atoms with E-state index in [1.54, 1.807) is 24.5 Å². The first-order valence-corrected chi connectivity index (χ1v) is 14.2. The van der Waals surface area contributed by atoms with E-state index in [0.29, 0.717) is 60.7 Å². The minimum Gasteiger partial charge on any atom is -0.455 e. The number of ketones is 1. The number of hydrogen-bond acceptors (Lipinski definition) is 8. The molecule has 5 rings (SSSR count). The Labute approximate surface area is 248 Å². The molecule has 0 unspecified atom stereocenters. The zero-order valence-electron chi connectivity index (χ0n) is 25.3. The number of aromatic nitrogens is 6. The van der Waals surface area contributed by atoms with E-state index in [1.165, 1.54) is 11.8 Å². The van der Waals surface area contributed by atoms with Crippen LogP contribution in [-0.4, -0.2) is 65.8 Å². The summed E-state index contributed by atoms with van der Waals surface area (Å²) < 4.78 is 48.6. The van der Waals surface area contributed by atoms with Crippen molar-refractivity contribution in [1.29, 1.82) is 0 Å². The maximum Gasteiger partial charge on any atom is 0.401 e. The van der Waals surface area contributed by atoms with Crippen molar-refractivity contribution in [2.75, 3.05) is 25.0 Å². The number of rotatable bonds is 9. The van der Waals surface area contributed by atoms with Crippen LogP contribution >= 0.6 is 0 Å². The van der Waals surface area contributed by atoms with Gasteiger partial charge < -0.3 is 14.6 Å². The van der Waals surface area contributed by atoms with Gasteiger partial charge in [-0.3, -0.25) is 19.4 Å². The van der Waals surface area contributed by atoms with Crippen molar-refractivity contribution in [2.45, 2.75) is 65.6 Å². The number of fused-ring (bicyclic) bond motifs is 1. The van der Waals surface area contributed by atoms with Crippen molar-refractivity contribution >= 4 is 28.7 Å². The highest BCUT2D eigenvalue weighted by Gasteiger charge is 2.35. The van der Waals surface area contributed by atoms with Crippen LogP contribution in [0.15, 0.2) is 30.6 Å². The molecule has 0 aliphatic carbocycles. The molecule has 0 amide bonds. The van der Waals surface area contributed by atoms with Crippen LogP contribution in [0.1, 0.15) is 51.1 Å². The summed E-state index contributed by atoms with van der Waals surface area (Å²) in [5.41, 5.74) is 3.53. The summed E-state index contributed by atoms with van der Waals surface area (Å²) in [5, 5.41) is 8.13. The summed E-state index contributed by atoms with van der Waals surface area (Å²) in [4.78, 5) is 26.4. The molecule has 1 N–H and O–H groups in total. The van der Waals surface area contributed by atoms with E-state index in [-0.39, 0.29) is 23.5 Å². The lowest BCUT2D eigenvalue weighted by molar-refractivity contribution is -0.143. The smallest absolute Gasteiger partial charge is 0.401 e. The Kier molecular flexibility index (Phi) is 8.21. The van der Waals surface area contributed by atoms with Gasteiger partial charge in [-0.05, 0) is 38.8 Å². The molecule has 5 heterocycles. The van der Waals surface area contributed by atoms with Gasteiger partial charge in [-0.15, -0.1) is 0 Å². The molecule has 0 spiro atoms. The Morgan fingerprint density at radius 2 is 1.95 bits per heavy atom. The van der Waals surface area contributed by atoms with E-state index >= 15 is 0 Å². The first-order valence-electron chi connectivity index (χ1n) is 14.2. The lowest BCUT2D eigenvalue weighted by atomic mass is 9.92. The maximum atomic E-state index is 12.9. The quantitative estimate of drug-likeness (QED) is 0.261. The normalized spacial score (nSPS) is 16.3. The third-order valence-electron chi connectivity index (χ3n) is 7.54. The van der Waals surface area contributed by atoms with Crippen LogP contribution < -0.4 is 10.1 Å². The number of nitrogens with one attached hydrogen (secondary N) is 1. The molecule has 0 radical (unpaired) electrons. The van der Waals surface area contributed by atoms with Gasteiger partial charge in [-0.25, -0.2) is 4.98 Å². The number of alkyl halides is 3. The first-order chi connectivity index (χ1) is 20.2. The number of imidazole rings is 1. The fourth-order valence-electron chi connectivity index (χ4n) is 5.58. The van der Waals surface area contributed by atoms with Gasteiger partial charge in [0.2, 0.25) is 5.95 Å². The summed E-state index contributed by atoms with van der Waals surface area (Å²) in [6.07, 6.45) is -0.0420. The molecular formula is C30H37F3N8O2. The van der Waals surface area contributed by atoms with E-state index in [0.717, 1.165) is 16.8 Å². The SMILES string of the molecule is CC(=O)Cc1cc(Oc2cnc3nc(Nc4cc(C(C)(C)C)n(C[C@@H]5CCN(CC(F)(F)F)C5)n4)n(C)c3c2C)ccn1. The molecule has 1 aliphatic heterocycles. The maximum absolute atomic E-state index is 12.9. The van der Waals surface area contributed by atoms with Gasteiger partial charge in [-0.2, -0.15) is 23.3 Å². The van der Waals surface area contributed by atoms with Crippen LogP contribution in [0.25, 0.3) is 11.2 Å². The number of likely N-dealkylation sites (tertiary alicyclic amines) is 1. The topological polar surface area (TPSA) is 103 Å². The average molecular weight is 599 g/mol. The minimum absolute atomic E-state index is 0.0180. The Hall–Kier alpha value is -4.00. The Morgan fingerprint density at radius 1 is 1.19 bits per heavy atom. The van der Waals surface area contributed by atoms with E-state index in [1.807, 2.05) is 29.3 Å². The first kappa shape index (κ1) is 30.5. The van der Waals surface area contributed by atoms with Gasteiger partial charge in [0.1, 0.15) is 11.5 Å². The monoisotopic (exact) mass is 598 g/mol. The second-order valence-electron chi connectivity index (χ2n) is 12.4. The van der Waals surface area contributed by atoms with Crippen molar-refractivity contribution in [3.8, 4) is 11.5 Å². The number of hydrogen-bond donors (Lipinski definition) is 1. The molecule has 4 aromatic heterocycles. The molecule has 43 heavy (non-hydrogen) atoms. The van der Waals surface area contributed by atoms with Crippen LogP contribution in [-0.2, 0) is 30.2 Å². The van der Waals surface area contributed by atoms with Gasteiger partial charge in [0.25, 0.3) is 0 Å². The molecule has 0 bridgehead atoms. The summed E-state index contributed by atoms with van der Waals surface area (Å²) >= 11 is 0. The number of nitrogens with zero attached hydrogens (tertiary/aromatic N) is 7. The highest BCUT2D eigenvalue weighted by atomic mass is 19.4. The largest absolute Gasteiger partial charge is 0.455 e. The highest BCUT2D eigenvalue weighted by molar-refractivity contribution is 5.81. The lowest BCUT2D eigenvalue weighted by Crippen LogP contribution is -2.33. The van der Waals surface area contributed by atoms with Crippen molar-refractivity contribution in [1.82, 2.24) is 34.2 Å². The predicted octanol–water partition coefficient (Wildman–Crippen LogP) is 5.72. The summed E-state index contributed by atoms with van der Waals surface area (Å²) in [6.45, 7) is 10.2. The van der Waals surface area contributed by atoms with Crippen LogP contribution in [0.3, 0.4) is 0 Å².